The Hall–Kier alpha value is -1.95. The summed E-state index contributed by atoms with van der Waals surface area (Å²) in [5.41, 5.74) is 5.91. The molecule has 0 aromatic heterocycles. The molecule has 0 unspecified atom stereocenters. The maximum Gasteiger partial charge on any atom is 0.282 e. The highest BCUT2D eigenvalue weighted by Crippen LogP contribution is 2.22. The quantitative estimate of drug-likeness (QED) is 0.623. The Morgan fingerprint density at radius 1 is 1.53 bits per heavy atom. The molecule has 1 amide bonds. The highest BCUT2D eigenvalue weighted by atomic mass is 16.6. The van der Waals surface area contributed by atoms with Crippen LogP contribution in [0.25, 0.3) is 0 Å². The molecule has 2 N–H and O–H groups in total. The van der Waals surface area contributed by atoms with E-state index < -0.39 is 4.92 Å². The Morgan fingerprint density at radius 2 is 2.18 bits per heavy atom. The molecule has 0 aliphatic carbocycles. The Morgan fingerprint density at radius 3 is 2.71 bits per heavy atom. The minimum Gasteiger partial charge on any atom is -0.340 e. The highest BCUT2D eigenvalue weighted by Gasteiger charge is 2.24. The van der Waals surface area contributed by atoms with Crippen molar-refractivity contribution in [2.24, 2.45) is 5.73 Å². The van der Waals surface area contributed by atoms with Gasteiger partial charge in [-0.15, -0.1) is 0 Å². The molecule has 92 valence electrons. The van der Waals surface area contributed by atoms with E-state index in [0.717, 1.165) is 0 Å². The predicted octanol–water partition coefficient (Wildman–Crippen LogP) is 0.934. The zero-order valence-corrected chi connectivity index (χ0v) is 9.84. The number of rotatable bonds is 4. The Bertz CT molecular complexity index is 446. The van der Waals surface area contributed by atoms with Crippen LogP contribution in [0.3, 0.4) is 0 Å². The number of aryl methyl sites for hydroxylation is 1. The number of hydrogen-bond donors (Lipinski definition) is 1. The third kappa shape index (κ3) is 2.79. The van der Waals surface area contributed by atoms with Crippen LogP contribution in [-0.2, 0) is 0 Å². The summed E-state index contributed by atoms with van der Waals surface area (Å²) < 4.78 is 0. The smallest absolute Gasteiger partial charge is 0.282 e. The van der Waals surface area contributed by atoms with Gasteiger partial charge in [0.05, 0.1) is 4.92 Å². The monoisotopic (exact) mass is 237 g/mol. The van der Waals surface area contributed by atoms with Crippen LogP contribution in [-0.4, -0.2) is 35.9 Å². The van der Waals surface area contributed by atoms with Crippen molar-refractivity contribution in [2.45, 2.75) is 6.92 Å². The van der Waals surface area contributed by atoms with Crippen LogP contribution in [0.1, 0.15) is 15.9 Å². The average molecular weight is 237 g/mol. The number of nitrogens with zero attached hydrogens (tertiary/aromatic N) is 2. The first-order valence-corrected chi connectivity index (χ1v) is 5.18. The molecule has 6 heteroatoms. The summed E-state index contributed by atoms with van der Waals surface area (Å²) in [6, 6.07) is 4.57. The van der Waals surface area contributed by atoms with Gasteiger partial charge in [-0.05, 0) is 12.5 Å². The first-order chi connectivity index (χ1) is 7.99. The lowest BCUT2D eigenvalue weighted by atomic mass is 10.1. The number of carbonyl (C=O) groups excluding carboxylic acids is 1. The van der Waals surface area contributed by atoms with Crippen LogP contribution in [0.5, 0.6) is 0 Å². The van der Waals surface area contributed by atoms with E-state index in [-0.39, 0.29) is 17.2 Å². The van der Waals surface area contributed by atoms with Crippen molar-refractivity contribution in [3.8, 4) is 0 Å². The first kappa shape index (κ1) is 13.1. The second-order valence-corrected chi connectivity index (χ2v) is 3.74. The van der Waals surface area contributed by atoms with Crippen molar-refractivity contribution in [3.63, 3.8) is 0 Å². The second kappa shape index (κ2) is 5.40. The maximum absolute atomic E-state index is 12.0. The number of benzene rings is 1. The van der Waals surface area contributed by atoms with E-state index in [9.17, 15) is 14.9 Å². The van der Waals surface area contributed by atoms with Gasteiger partial charge in [-0.1, -0.05) is 12.1 Å². The molecule has 17 heavy (non-hydrogen) atoms. The topological polar surface area (TPSA) is 89.5 Å². The molecule has 0 bridgehead atoms. The SMILES string of the molecule is Cc1cccc([N+](=O)[O-])c1C(=O)N(C)CCN. The van der Waals surface area contributed by atoms with Crippen LogP contribution >= 0.6 is 0 Å². The van der Waals surface area contributed by atoms with E-state index in [4.69, 9.17) is 5.73 Å². The van der Waals surface area contributed by atoms with E-state index in [1.807, 2.05) is 0 Å². The van der Waals surface area contributed by atoms with Crippen molar-refractivity contribution in [2.75, 3.05) is 20.1 Å². The van der Waals surface area contributed by atoms with E-state index >= 15 is 0 Å². The maximum atomic E-state index is 12.0. The summed E-state index contributed by atoms with van der Waals surface area (Å²) >= 11 is 0. The van der Waals surface area contributed by atoms with Crippen molar-refractivity contribution in [3.05, 3.63) is 39.4 Å². The molecule has 1 aromatic carbocycles. The molecular weight excluding hydrogens is 222 g/mol. The van der Waals surface area contributed by atoms with Gasteiger partial charge >= 0.3 is 0 Å². The minimum absolute atomic E-state index is 0.133. The van der Waals surface area contributed by atoms with E-state index in [1.165, 1.54) is 11.0 Å². The van der Waals surface area contributed by atoms with Crippen LogP contribution in [0.4, 0.5) is 5.69 Å². The van der Waals surface area contributed by atoms with Gasteiger partial charge in [0, 0.05) is 26.2 Å². The number of nitro benzene ring substituents is 1. The van der Waals surface area contributed by atoms with Crippen LogP contribution < -0.4 is 5.73 Å². The predicted molar refractivity (Wildman–Crippen MR) is 63.8 cm³/mol. The Labute approximate surface area is 99.2 Å². The summed E-state index contributed by atoms with van der Waals surface area (Å²) in [4.78, 5) is 23.8. The van der Waals surface area contributed by atoms with E-state index in [1.54, 1.807) is 26.1 Å². The number of nitrogens with two attached hydrogens (primary N) is 1. The summed E-state index contributed by atoms with van der Waals surface area (Å²) in [5, 5.41) is 10.9. The van der Waals surface area contributed by atoms with E-state index in [0.29, 0.717) is 18.7 Å². The van der Waals surface area contributed by atoms with Gasteiger partial charge in [0.1, 0.15) is 5.56 Å². The molecule has 0 heterocycles. The van der Waals surface area contributed by atoms with Crippen molar-refractivity contribution in [1.29, 1.82) is 0 Å². The van der Waals surface area contributed by atoms with Crippen molar-refractivity contribution < 1.29 is 9.72 Å². The molecule has 1 rings (SSSR count). The number of carbonyl (C=O) groups is 1. The molecule has 0 saturated carbocycles. The number of amides is 1. The Balaban J connectivity index is 3.20. The normalized spacial score (nSPS) is 10.1. The molecule has 0 radical (unpaired) electrons. The highest BCUT2D eigenvalue weighted by molar-refractivity contribution is 5.99. The number of likely N-dealkylation sites (N-methyl/N-ethyl adjacent to an activating group) is 1. The molecule has 0 aliphatic heterocycles. The lowest BCUT2D eigenvalue weighted by molar-refractivity contribution is -0.385. The summed E-state index contributed by atoms with van der Waals surface area (Å²) in [6.07, 6.45) is 0. The van der Waals surface area contributed by atoms with Crippen LogP contribution in [0.15, 0.2) is 18.2 Å². The molecular formula is C11H15N3O3. The third-order valence-electron chi connectivity index (χ3n) is 2.47. The van der Waals surface area contributed by atoms with Crippen LogP contribution in [0, 0.1) is 17.0 Å². The summed E-state index contributed by atoms with van der Waals surface area (Å²) in [6.45, 7) is 2.36. The molecule has 0 atom stereocenters. The zero-order chi connectivity index (χ0) is 13.0. The molecule has 0 fully saturated rings. The fourth-order valence-electron chi connectivity index (χ4n) is 1.57. The molecule has 0 saturated heterocycles. The largest absolute Gasteiger partial charge is 0.340 e. The average Bonchev–Trinajstić information content (AvgIpc) is 2.28. The molecule has 1 aromatic rings. The van der Waals surface area contributed by atoms with Crippen LogP contribution in [0.2, 0.25) is 0 Å². The van der Waals surface area contributed by atoms with Gasteiger partial charge in [0.25, 0.3) is 11.6 Å². The van der Waals surface area contributed by atoms with Gasteiger partial charge in [-0.25, -0.2) is 0 Å². The third-order valence-corrected chi connectivity index (χ3v) is 2.47. The fourth-order valence-corrected chi connectivity index (χ4v) is 1.57. The van der Waals surface area contributed by atoms with E-state index in [2.05, 4.69) is 0 Å². The van der Waals surface area contributed by atoms with Gasteiger partial charge < -0.3 is 10.6 Å². The molecule has 0 spiro atoms. The number of nitro groups is 1. The lowest BCUT2D eigenvalue weighted by Gasteiger charge is -2.17. The van der Waals surface area contributed by atoms with Crippen molar-refractivity contribution in [1.82, 2.24) is 4.90 Å². The van der Waals surface area contributed by atoms with Gasteiger partial charge in [-0.3, -0.25) is 14.9 Å². The van der Waals surface area contributed by atoms with Gasteiger partial charge in [0.2, 0.25) is 0 Å². The lowest BCUT2D eigenvalue weighted by Crippen LogP contribution is -2.32. The molecule has 6 nitrogen and oxygen atoms in total. The number of hydrogen-bond acceptors (Lipinski definition) is 4. The Kier molecular flexibility index (Phi) is 4.17. The summed E-state index contributed by atoms with van der Waals surface area (Å²) in [5.74, 6) is -0.375. The standard InChI is InChI=1S/C11H15N3O3/c1-8-4-3-5-9(14(16)17)10(8)11(15)13(2)7-6-12/h3-5H,6-7,12H2,1-2H3. The van der Waals surface area contributed by atoms with Crippen molar-refractivity contribution >= 4 is 11.6 Å². The molecule has 0 aliphatic rings. The zero-order valence-electron chi connectivity index (χ0n) is 9.84. The second-order valence-electron chi connectivity index (χ2n) is 3.74. The fraction of sp³-hybridized carbons (Fsp3) is 0.364. The minimum atomic E-state index is -0.545. The summed E-state index contributed by atoms with van der Waals surface area (Å²) in [7, 11) is 1.57. The van der Waals surface area contributed by atoms with Gasteiger partial charge in [-0.2, -0.15) is 0 Å². The van der Waals surface area contributed by atoms with Gasteiger partial charge in [0.15, 0.2) is 0 Å². The first-order valence-electron chi connectivity index (χ1n) is 5.18.